The zero-order chi connectivity index (χ0) is 17.5. The van der Waals surface area contributed by atoms with Crippen LogP contribution in [-0.2, 0) is 4.79 Å². The third kappa shape index (κ3) is 4.21. The molecular weight excluding hydrogens is 328 g/mol. The van der Waals surface area contributed by atoms with Crippen molar-refractivity contribution in [3.63, 3.8) is 0 Å². The number of allylic oxidation sites excluding steroid dienone is 1. The van der Waals surface area contributed by atoms with Gasteiger partial charge in [-0.2, -0.15) is 0 Å². The normalized spacial score (nSPS) is 11.5. The number of nitrogens with one attached hydrogen (secondary N) is 2. The monoisotopic (exact) mass is 342 g/mol. The summed E-state index contributed by atoms with van der Waals surface area (Å²) in [6.07, 6.45) is 8.51. The summed E-state index contributed by atoms with van der Waals surface area (Å²) in [5, 5.41) is 19.5. The van der Waals surface area contributed by atoms with E-state index in [0.717, 1.165) is 6.21 Å². The van der Waals surface area contributed by atoms with Crippen molar-refractivity contribution in [3.05, 3.63) is 65.1 Å². The number of hydrogen-bond donors (Lipinski definition) is 4. The Bertz CT molecular complexity index is 831. The fourth-order valence-corrected chi connectivity index (χ4v) is 2.13. The highest BCUT2D eigenvalue weighted by Gasteiger charge is 2.05. The summed E-state index contributed by atoms with van der Waals surface area (Å²) < 4.78 is 0. The Balaban J connectivity index is 2.17. The molecule has 7 heteroatoms. The van der Waals surface area contributed by atoms with Gasteiger partial charge >= 0.3 is 0 Å². The quantitative estimate of drug-likeness (QED) is 0.380. The number of nitrogens with two attached hydrogens (primary N) is 1. The highest BCUT2D eigenvalue weighted by atomic mass is 35.5. The van der Waals surface area contributed by atoms with E-state index in [1.54, 1.807) is 24.5 Å². The summed E-state index contributed by atoms with van der Waals surface area (Å²) in [7, 11) is 0. The second-order valence-corrected chi connectivity index (χ2v) is 5.13. The van der Waals surface area contributed by atoms with Crippen molar-refractivity contribution >= 4 is 41.1 Å². The number of aromatic nitrogens is 1. The zero-order valence-corrected chi connectivity index (χ0v) is 13.3. The molecule has 0 saturated carbocycles. The van der Waals surface area contributed by atoms with Gasteiger partial charge in [-0.05, 0) is 35.9 Å². The lowest BCUT2D eigenvalue weighted by atomic mass is 10.0. The third-order valence-electron chi connectivity index (χ3n) is 3.13. The standard InChI is InChI=1S/C17H15ClN4O2/c18-15-7-13(2-3-16(15)23)22-17(24)4-1-11-10-21-6-5-14(11)12(8-19)9-20/h1-10,19,23H,20H2,(H,22,24)/b4-1+,12-9?,19-8?. The Morgan fingerprint density at radius 3 is 2.83 bits per heavy atom. The van der Waals surface area contributed by atoms with Gasteiger partial charge in [0.1, 0.15) is 5.75 Å². The smallest absolute Gasteiger partial charge is 0.248 e. The minimum Gasteiger partial charge on any atom is -0.506 e. The number of aromatic hydroxyl groups is 1. The van der Waals surface area contributed by atoms with Crippen molar-refractivity contribution in [2.24, 2.45) is 5.73 Å². The highest BCUT2D eigenvalue weighted by Crippen LogP contribution is 2.26. The summed E-state index contributed by atoms with van der Waals surface area (Å²) in [5.41, 5.74) is 7.82. The lowest BCUT2D eigenvalue weighted by Crippen LogP contribution is -2.07. The van der Waals surface area contributed by atoms with Crippen LogP contribution in [0.3, 0.4) is 0 Å². The number of phenolic OH excluding ortho intramolecular Hbond substituents is 1. The molecule has 1 heterocycles. The number of anilines is 1. The molecule has 2 aromatic rings. The number of hydrogen-bond acceptors (Lipinski definition) is 5. The van der Waals surface area contributed by atoms with Gasteiger partial charge in [0.25, 0.3) is 0 Å². The van der Waals surface area contributed by atoms with Gasteiger partial charge in [0.05, 0.1) is 5.02 Å². The van der Waals surface area contributed by atoms with Crippen LogP contribution in [0.2, 0.25) is 5.02 Å². The molecule has 1 aromatic carbocycles. The van der Waals surface area contributed by atoms with Crippen molar-refractivity contribution in [1.82, 2.24) is 4.98 Å². The fraction of sp³-hybridized carbons (Fsp3) is 0. The number of rotatable bonds is 5. The summed E-state index contributed by atoms with van der Waals surface area (Å²) in [5.74, 6) is -0.433. The first-order valence-electron chi connectivity index (χ1n) is 6.89. The first-order chi connectivity index (χ1) is 11.5. The summed E-state index contributed by atoms with van der Waals surface area (Å²) in [6.45, 7) is 0. The number of carbonyl (C=O) groups is 1. The van der Waals surface area contributed by atoms with Gasteiger partial charge in [-0.15, -0.1) is 0 Å². The second-order valence-electron chi connectivity index (χ2n) is 4.72. The molecule has 0 atom stereocenters. The van der Waals surface area contributed by atoms with Crippen molar-refractivity contribution in [2.75, 3.05) is 5.32 Å². The van der Waals surface area contributed by atoms with Crippen LogP contribution in [0.4, 0.5) is 5.69 Å². The molecule has 6 nitrogen and oxygen atoms in total. The topological polar surface area (TPSA) is 112 Å². The minimum atomic E-state index is -0.375. The number of phenols is 1. The molecule has 1 amide bonds. The predicted octanol–water partition coefficient (Wildman–Crippen LogP) is 3.04. The molecule has 0 bridgehead atoms. The SMILES string of the molecule is N=CC(=CN)c1ccncc1/C=C/C(=O)Nc1ccc(O)c(Cl)c1. The Hall–Kier alpha value is -3.12. The number of pyridine rings is 1. The number of benzene rings is 1. The van der Waals surface area contributed by atoms with Crippen LogP contribution < -0.4 is 11.1 Å². The molecule has 0 spiro atoms. The van der Waals surface area contributed by atoms with Gasteiger partial charge in [-0.25, -0.2) is 0 Å². The first-order valence-corrected chi connectivity index (χ1v) is 7.27. The molecule has 0 saturated heterocycles. The summed E-state index contributed by atoms with van der Waals surface area (Å²) in [6, 6.07) is 6.08. The van der Waals surface area contributed by atoms with Crippen molar-refractivity contribution < 1.29 is 9.90 Å². The molecule has 0 aliphatic carbocycles. The number of amides is 1. The maximum atomic E-state index is 12.0. The third-order valence-corrected chi connectivity index (χ3v) is 3.43. The fourth-order valence-electron chi connectivity index (χ4n) is 1.95. The van der Waals surface area contributed by atoms with E-state index in [-0.39, 0.29) is 16.7 Å². The second kappa shape index (κ2) is 7.94. The average Bonchev–Trinajstić information content (AvgIpc) is 2.58. The van der Waals surface area contributed by atoms with Crippen LogP contribution in [0.25, 0.3) is 11.6 Å². The lowest BCUT2D eigenvalue weighted by Gasteiger charge is -2.06. The molecule has 0 fully saturated rings. The van der Waals surface area contributed by atoms with E-state index < -0.39 is 0 Å². The van der Waals surface area contributed by atoms with Crippen LogP contribution in [0.15, 0.2) is 48.9 Å². The average molecular weight is 343 g/mol. The predicted molar refractivity (Wildman–Crippen MR) is 96.0 cm³/mol. The molecule has 2 rings (SSSR count). The van der Waals surface area contributed by atoms with Gasteiger partial charge < -0.3 is 21.6 Å². The Labute approximate surface area is 143 Å². The first kappa shape index (κ1) is 17.2. The Morgan fingerprint density at radius 1 is 1.38 bits per heavy atom. The van der Waals surface area contributed by atoms with Crippen molar-refractivity contribution in [1.29, 1.82) is 5.41 Å². The van der Waals surface area contributed by atoms with Crippen LogP contribution in [0.5, 0.6) is 5.75 Å². The van der Waals surface area contributed by atoms with Crippen LogP contribution in [-0.4, -0.2) is 22.2 Å². The molecule has 24 heavy (non-hydrogen) atoms. The Kier molecular flexibility index (Phi) is 5.70. The molecule has 0 radical (unpaired) electrons. The minimum absolute atomic E-state index is 0.0574. The van der Waals surface area contributed by atoms with E-state index in [1.165, 1.54) is 30.5 Å². The molecule has 0 aliphatic rings. The number of carbonyl (C=O) groups excluding carboxylic acids is 1. The highest BCUT2D eigenvalue weighted by molar-refractivity contribution is 6.32. The van der Waals surface area contributed by atoms with Crippen LogP contribution >= 0.6 is 11.6 Å². The summed E-state index contributed by atoms with van der Waals surface area (Å²) in [4.78, 5) is 16.0. The van der Waals surface area contributed by atoms with Gasteiger partial charge in [0, 0.05) is 47.7 Å². The molecular formula is C17H15ClN4O2. The van der Waals surface area contributed by atoms with Crippen molar-refractivity contribution in [3.8, 4) is 5.75 Å². The number of halogens is 1. The Morgan fingerprint density at radius 2 is 2.17 bits per heavy atom. The van der Waals surface area contributed by atoms with Gasteiger partial charge in [-0.3, -0.25) is 9.78 Å². The van der Waals surface area contributed by atoms with Crippen LogP contribution in [0, 0.1) is 5.41 Å². The zero-order valence-electron chi connectivity index (χ0n) is 12.5. The van der Waals surface area contributed by atoms with Gasteiger partial charge in [0.2, 0.25) is 5.91 Å². The van der Waals surface area contributed by atoms with E-state index in [4.69, 9.17) is 22.7 Å². The summed E-state index contributed by atoms with van der Waals surface area (Å²) >= 11 is 5.79. The lowest BCUT2D eigenvalue weighted by molar-refractivity contribution is -0.111. The van der Waals surface area contributed by atoms with Gasteiger partial charge in [0.15, 0.2) is 0 Å². The molecule has 122 valence electrons. The van der Waals surface area contributed by atoms with E-state index in [0.29, 0.717) is 22.4 Å². The maximum absolute atomic E-state index is 12.0. The molecule has 1 aromatic heterocycles. The maximum Gasteiger partial charge on any atom is 0.248 e. The van der Waals surface area contributed by atoms with E-state index in [9.17, 15) is 9.90 Å². The number of nitrogens with zero attached hydrogens (tertiary/aromatic N) is 1. The molecule has 0 unspecified atom stereocenters. The van der Waals surface area contributed by atoms with E-state index in [1.807, 2.05) is 0 Å². The van der Waals surface area contributed by atoms with Crippen LogP contribution in [0.1, 0.15) is 11.1 Å². The largest absolute Gasteiger partial charge is 0.506 e. The molecule has 0 aliphatic heterocycles. The van der Waals surface area contributed by atoms with Gasteiger partial charge in [-0.1, -0.05) is 11.6 Å². The van der Waals surface area contributed by atoms with E-state index in [2.05, 4.69) is 10.3 Å². The van der Waals surface area contributed by atoms with E-state index >= 15 is 0 Å². The van der Waals surface area contributed by atoms with Crippen molar-refractivity contribution in [2.45, 2.75) is 0 Å². The molecule has 5 N–H and O–H groups in total.